The molecule has 9 nitrogen and oxygen atoms in total. The van der Waals surface area contributed by atoms with Crippen molar-refractivity contribution in [2.75, 3.05) is 6.54 Å². The van der Waals surface area contributed by atoms with Crippen LogP contribution in [0, 0.1) is 5.92 Å². The normalized spacial score (nSPS) is 29.8. The van der Waals surface area contributed by atoms with Crippen LogP contribution in [0.2, 0.25) is 5.02 Å². The van der Waals surface area contributed by atoms with Gasteiger partial charge in [-0.1, -0.05) is 43.0 Å². The highest BCUT2D eigenvalue weighted by molar-refractivity contribution is 6.30. The summed E-state index contributed by atoms with van der Waals surface area (Å²) in [5, 5.41) is 7.92. The number of nitrogens with one attached hydrogen (secondary N) is 2. The predicted octanol–water partition coefficient (Wildman–Crippen LogP) is 7.29. The van der Waals surface area contributed by atoms with Gasteiger partial charge < -0.3 is 30.1 Å². The number of fused-ring (bicyclic) bond motifs is 4. The van der Waals surface area contributed by atoms with Gasteiger partial charge in [-0.2, -0.15) is 0 Å². The largest absolute Gasteiger partial charge is 0.444 e. The van der Waals surface area contributed by atoms with E-state index in [9.17, 15) is 14.4 Å². The van der Waals surface area contributed by atoms with Crippen LogP contribution in [0.25, 0.3) is 0 Å². The topological polar surface area (TPSA) is 94.2 Å². The van der Waals surface area contributed by atoms with Gasteiger partial charge in [0.25, 0.3) is 0 Å². The van der Waals surface area contributed by atoms with Crippen LogP contribution in [-0.4, -0.2) is 93.2 Å². The van der Waals surface area contributed by atoms with Crippen molar-refractivity contribution in [2.45, 2.75) is 178 Å². The summed E-state index contributed by atoms with van der Waals surface area (Å²) >= 11 is 6.22. The van der Waals surface area contributed by atoms with E-state index in [4.69, 9.17) is 16.3 Å². The predicted molar refractivity (Wildman–Crippen MR) is 194 cm³/mol. The van der Waals surface area contributed by atoms with E-state index in [0.29, 0.717) is 23.9 Å². The minimum Gasteiger partial charge on any atom is -0.444 e. The highest BCUT2D eigenvalue weighted by Crippen LogP contribution is 2.39. The first-order chi connectivity index (χ1) is 23.4. The van der Waals surface area contributed by atoms with E-state index in [1.54, 1.807) is 0 Å². The lowest BCUT2D eigenvalue weighted by Gasteiger charge is -2.44. The maximum Gasteiger partial charge on any atom is 0.410 e. The number of carbonyl (C=O) groups is 3. The van der Waals surface area contributed by atoms with Gasteiger partial charge >= 0.3 is 12.1 Å². The first kappa shape index (κ1) is 36.3. The molecule has 4 aliphatic heterocycles. The molecule has 2 N–H and O–H groups in total. The van der Waals surface area contributed by atoms with Gasteiger partial charge in [0, 0.05) is 53.9 Å². The highest BCUT2D eigenvalue weighted by atomic mass is 35.5. The summed E-state index contributed by atoms with van der Waals surface area (Å²) in [6.07, 6.45) is 13.8. The molecule has 0 radical (unpaired) electrons. The van der Waals surface area contributed by atoms with Gasteiger partial charge in [-0.3, -0.25) is 4.79 Å². The van der Waals surface area contributed by atoms with Gasteiger partial charge in [0.2, 0.25) is 5.91 Å². The summed E-state index contributed by atoms with van der Waals surface area (Å²) in [6, 6.07) is 8.46. The molecule has 4 saturated heterocycles. The van der Waals surface area contributed by atoms with Gasteiger partial charge in [0.05, 0.1) is 6.04 Å². The molecule has 49 heavy (non-hydrogen) atoms. The molecule has 1 aromatic carbocycles. The summed E-state index contributed by atoms with van der Waals surface area (Å²) in [7, 11) is 0. The Morgan fingerprint density at radius 3 is 1.96 bits per heavy atom. The molecule has 6 rings (SSSR count). The zero-order chi connectivity index (χ0) is 34.9. The first-order valence-electron chi connectivity index (χ1n) is 19.3. The van der Waals surface area contributed by atoms with Crippen molar-refractivity contribution in [3.05, 3.63) is 34.9 Å². The Hall–Kier alpha value is -2.52. The Morgan fingerprint density at radius 2 is 1.41 bits per heavy atom. The molecule has 1 aliphatic carbocycles. The van der Waals surface area contributed by atoms with Crippen LogP contribution in [0.4, 0.5) is 9.59 Å². The third-order valence-electron chi connectivity index (χ3n) is 12.2. The van der Waals surface area contributed by atoms with Crippen molar-refractivity contribution in [2.24, 2.45) is 5.92 Å². The number of rotatable bonds is 9. The van der Waals surface area contributed by atoms with Crippen LogP contribution in [0.1, 0.15) is 124 Å². The summed E-state index contributed by atoms with van der Waals surface area (Å²) in [6.45, 7) is 10.8. The van der Waals surface area contributed by atoms with E-state index >= 15 is 0 Å². The Balaban J connectivity index is 1.11. The van der Waals surface area contributed by atoms with E-state index in [1.807, 2.05) is 54.8 Å². The molecule has 5 aliphatic rings. The number of nitrogens with zero attached hydrogens (tertiary/aromatic N) is 3. The maximum atomic E-state index is 14.6. The Labute approximate surface area is 299 Å². The van der Waals surface area contributed by atoms with E-state index in [0.717, 1.165) is 56.9 Å². The van der Waals surface area contributed by atoms with Gasteiger partial charge in [-0.05, 0) is 129 Å². The lowest BCUT2D eigenvalue weighted by Crippen LogP contribution is -2.61. The Kier molecular flexibility index (Phi) is 11.4. The molecule has 4 amide bonds. The third-order valence-corrected chi connectivity index (χ3v) is 12.4. The van der Waals surface area contributed by atoms with Gasteiger partial charge in [0.1, 0.15) is 5.60 Å². The first-order valence-corrected chi connectivity index (χ1v) is 19.7. The second-order valence-corrected chi connectivity index (χ2v) is 17.1. The molecule has 0 aromatic heterocycles. The van der Waals surface area contributed by atoms with Crippen LogP contribution in [0.5, 0.6) is 0 Å². The van der Waals surface area contributed by atoms with Crippen LogP contribution in [0.3, 0.4) is 0 Å². The molecule has 5 fully saturated rings. The van der Waals surface area contributed by atoms with E-state index < -0.39 is 5.60 Å². The number of ether oxygens (including phenoxy) is 1. The monoisotopic (exact) mass is 697 g/mol. The SMILES string of the molecule is CCN(C(=O)NC1CC2CCC(C1)N2C(=O)[C@@H](Cc1ccc(Cl)cc1)NC1CC2CCC(C1)N2C(=O)OC(C)(C)C)C(C)C1CCCCC1. The van der Waals surface area contributed by atoms with Crippen molar-refractivity contribution < 1.29 is 19.1 Å². The fraction of sp³-hybridized carbons (Fsp3) is 0.769. The number of hydrogen-bond donors (Lipinski definition) is 2. The van der Waals surface area contributed by atoms with Crippen molar-refractivity contribution >= 4 is 29.6 Å². The number of amides is 4. The molecule has 6 atom stereocenters. The lowest BCUT2D eigenvalue weighted by molar-refractivity contribution is -0.138. The van der Waals surface area contributed by atoms with Gasteiger partial charge in [-0.25, -0.2) is 9.59 Å². The van der Waals surface area contributed by atoms with Crippen molar-refractivity contribution in [3.8, 4) is 0 Å². The van der Waals surface area contributed by atoms with Crippen LogP contribution in [-0.2, 0) is 16.0 Å². The average Bonchev–Trinajstić information content (AvgIpc) is 3.49. The fourth-order valence-electron chi connectivity index (χ4n) is 9.86. The average molecular weight is 698 g/mol. The quantitative estimate of drug-likeness (QED) is 0.283. The molecule has 5 unspecified atom stereocenters. The molecule has 0 spiro atoms. The zero-order valence-electron chi connectivity index (χ0n) is 30.5. The number of urea groups is 1. The smallest absolute Gasteiger partial charge is 0.410 e. The molecular weight excluding hydrogens is 638 g/mol. The maximum absolute atomic E-state index is 14.6. The summed E-state index contributed by atoms with van der Waals surface area (Å²) in [5.41, 5.74) is 0.547. The molecule has 10 heteroatoms. The molecule has 272 valence electrons. The third kappa shape index (κ3) is 8.52. The Morgan fingerprint density at radius 1 is 0.857 bits per heavy atom. The van der Waals surface area contributed by atoms with Crippen LogP contribution in [0.15, 0.2) is 24.3 Å². The van der Waals surface area contributed by atoms with Crippen LogP contribution >= 0.6 is 11.6 Å². The highest BCUT2D eigenvalue weighted by Gasteiger charge is 2.48. The fourth-order valence-corrected chi connectivity index (χ4v) is 9.99. The zero-order valence-corrected chi connectivity index (χ0v) is 31.2. The lowest BCUT2D eigenvalue weighted by atomic mass is 9.84. The van der Waals surface area contributed by atoms with E-state index in [1.165, 1.54) is 32.1 Å². The number of piperidine rings is 2. The molecule has 4 bridgehead atoms. The molecule has 4 heterocycles. The van der Waals surface area contributed by atoms with Crippen molar-refractivity contribution in [3.63, 3.8) is 0 Å². The van der Waals surface area contributed by atoms with E-state index in [2.05, 4.69) is 29.4 Å². The molecule has 1 saturated carbocycles. The van der Waals surface area contributed by atoms with Crippen molar-refractivity contribution in [1.82, 2.24) is 25.3 Å². The second kappa shape index (κ2) is 15.4. The van der Waals surface area contributed by atoms with E-state index in [-0.39, 0.29) is 66.4 Å². The Bertz CT molecular complexity index is 1290. The van der Waals surface area contributed by atoms with Gasteiger partial charge in [-0.15, -0.1) is 0 Å². The number of hydrogen-bond acceptors (Lipinski definition) is 5. The summed E-state index contributed by atoms with van der Waals surface area (Å²) in [5.74, 6) is 0.746. The summed E-state index contributed by atoms with van der Waals surface area (Å²) < 4.78 is 5.77. The molecular formula is C39H60ClN5O4. The minimum absolute atomic E-state index is 0.0550. The second-order valence-electron chi connectivity index (χ2n) is 16.7. The van der Waals surface area contributed by atoms with Crippen LogP contribution < -0.4 is 10.6 Å². The summed E-state index contributed by atoms with van der Waals surface area (Å²) in [4.78, 5) is 47.5. The van der Waals surface area contributed by atoms with Crippen molar-refractivity contribution in [1.29, 1.82) is 0 Å². The van der Waals surface area contributed by atoms with Gasteiger partial charge in [0.15, 0.2) is 0 Å². The minimum atomic E-state index is -0.528. The molecule has 1 aromatic rings. The number of carbonyl (C=O) groups excluding carboxylic acids is 3. The number of benzene rings is 1. The standard InChI is InChI=1S/C39H60ClN5O4/c1-6-43(25(2)27-10-8-7-9-11-27)37(47)42-30-23-31-16-17-32(24-30)44(31)36(46)35(20-26-12-14-28(40)15-13-26)41-29-21-33-18-19-34(22-29)45(33)38(48)49-39(3,4)5/h12-15,25,27,29-35,41H,6-11,16-24H2,1-5H3,(H,42,47)/t25?,29?,30?,31?,32?,33?,34?,35-/m1/s1. The number of halogens is 1.